The monoisotopic (exact) mass is 361 g/mol. The molecule has 108 valence electrons. The van der Waals surface area contributed by atoms with Crippen molar-refractivity contribution in [2.24, 2.45) is 0 Å². The second-order valence-electron chi connectivity index (χ2n) is 3.86. The second kappa shape index (κ2) is 6.08. The normalized spacial score (nSPS) is 11.0. The zero-order chi connectivity index (χ0) is 15.6. The van der Waals surface area contributed by atoms with E-state index in [1.807, 2.05) is 6.07 Å². The van der Waals surface area contributed by atoms with Crippen molar-refractivity contribution in [1.82, 2.24) is 4.98 Å². The predicted octanol–water partition coefficient (Wildman–Crippen LogP) is 3.71. The molecule has 21 heavy (non-hydrogen) atoms. The number of benzene rings is 1. The summed E-state index contributed by atoms with van der Waals surface area (Å²) >= 11 is 17.3. The molecule has 0 bridgehead atoms. The molecule has 1 aromatic carbocycles. The molecule has 0 atom stereocenters. The highest BCUT2D eigenvalue weighted by Gasteiger charge is 2.18. The number of aromatic nitrogens is 1. The molecular weight excluding hydrogens is 357 g/mol. The van der Waals surface area contributed by atoms with Gasteiger partial charge in [0.1, 0.15) is 10.0 Å². The summed E-state index contributed by atoms with van der Waals surface area (Å²) < 4.78 is 26.7. The number of halogens is 3. The highest BCUT2D eigenvalue weighted by Crippen LogP contribution is 2.27. The van der Waals surface area contributed by atoms with Crippen LogP contribution in [0.25, 0.3) is 0 Å². The standard InChI is InChI=1S/C12H6Cl3N3O2S/c13-9-2-1-7(5-16)3-11(9)18-21(19,20)8-4-10(14)12(15)17-6-8/h1-4,6,18H. The van der Waals surface area contributed by atoms with Gasteiger partial charge < -0.3 is 0 Å². The van der Waals surface area contributed by atoms with Gasteiger partial charge in [0.05, 0.1) is 27.4 Å². The van der Waals surface area contributed by atoms with Gasteiger partial charge in [0.2, 0.25) is 0 Å². The minimum absolute atomic E-state index is 0.000118. The van der Waals surface area contributed by atoms with E-state index in [1.165, 1.54) is 24.3 Å². The Hall–Kier alpha value is -1.52. The van der Waals surface area contributed by atoms with Gasteiger partial charge in [0, 0.05) is 6.20 Å². The first-order chi connectivity index (χ1) is 9.83. The summed E-state index contributed by atoms with van der Waals surface area (Å²) in [5, 5.41) is 8.99. The Balaban J connectivity index is 2.42. The zero-order valence-electron chi connectivity index (χ0n) is 10.1. The molecule has 0 radical (unpaired) electrons. The number of nitrogens with zero attached hydrogens (tertiary/aromatic N) is 2. The van der Waals surface area contributed by atoms with Crippen LogP contribution in [-0.4, -0.2) is 13.4 Å². The predicted molar refractivity (Wildman–Crippen MR) is 81.2 cm³/mol. The van der Waals surface area contributed by atoms with Gasteiger partial charge in [-0.05, 0) is 24.3 Å². The SMILES string of the molecule is N#Cc1ccc(Cl)c(NS(=O)(=O)c2cnc(Cl)c(Cl)c2)c1. The number of hydrogen-bond acceptors (Lipinski definition) is 4. The third-order valence-corrected chi connectivity index (χ3v) is 4.77. The molecule has 0 saturated heterocycles. The molecule has 0 aliphatic rings. The van der Waals surface area contributed by atoms with Crippen LogP contribution < -0.4 is 4.72 Å². The Bertz CT molecular complexity index is 847. The van der Waals surface area contributed by atoms with E-state index in [1.54, 1.807) is 0 Å². The Labute approximate surface area is 136 Å². The van der Waals surface area contributed by atoms with E-state index in [-0.39, 0.29) is 31.3 Å². The number of rotatable bonds is 3. The number of anilines is 1. The fraction of sp³-hybridized carbons (Fsp3) is 0. The van der Waals surface area contributed by atoms with Gasteiger partial charge in [-0.2, -0.15) is 5.26 Å². The van der Waals surface area contributed by atoms with Gasteiger partial charge in [-0.15, -0.1) is 0 Å². The number of hydrogen-bond donors (Lipinski definition) is 1. The van der Waals surface area contributed by atoms with Crippen LogP contribution >= 0.6 is 34.8 Å². The van der Waals surface area contributed by atoms with Crippen molar-refractivity contribution < 1.29 is 8.42 Å². The minimum atomic E-state index is -3.95. The first-order valence-electron chi connectivity index (χ1n) is 5.37. The van der Waals surface area contributed by atoms with Crippen LogP contribution in [0.3, 0.4) is 0 Å². The number of pyridine rings is 1. The van der Waals surface area contributed by atoms with Crippen molar-refractivity contribution in [1.29, 1.82) is 5.26 Å². The largest absolute Gasteiger partial charge is 0.278 e. The highest BCUT2D eigenvalue weighted by molar-refractivity contribution is 7.92. The summed E-state index contributed by atoms with van der Waals surface area (Å²) in [6, 6.07) is 7.28. The Morgan fingerprint density at radius 2 is 1.86 bits per heavy atom. The average molecular weight is 363 g/mol. The lowest BCUT2D eigenvalue weighted by molar-refractivity contribution is 0.601. The first kappa shape index (κ1) is 15.9. The average Bonchev–Trinajstić information content (AvgIpc) is 2.44. The molecule has 0 unspecified atom stereocenters. The Kier molecular flexibility index (Phi) is 4.59. The molecule has 0 aliphatic carbocycles. The fourth-order valence-electron chi connectivity index (χ4n) is 1.43. The summed E-state index contributed by atoms with van der Waals surface area (Å²) in [4.78, 5) is 3.50. The molecule has 1 aromatic heterocycles. The lowest BCUT2D eigenvalue weighted by Gasteiger charge is -2.10. The molecule has 0 saturated carbocycles. The molecular formula is C12H6Cl3N3O2S. The fourth-order valence-corrected chi connectivity index (χ4v) is 3.02. The molecule has 0 fully saturated rings. The lowest BCUT2D eigenvalue weighted by atomic mass is 10.2. The highest BCUT2D eigenvalue weighted by atomic mass is 35.5. The van der Waals surface area contributed by atoms with Crippen LogP contribution in [0.5, 0.6) is 0 Å². The van der Waals surface area contributed by atoms with Crippen LogP contribution in [0.1, 0.15) is 5.56 Å². The van der Waals surface area contributed by atoms with Crippen LogP contribution in [0.4, 0.5) is 5.69 Å². The molecule has 2 rings (SSSR count). The molecule has 1 heterocycles. The van der Waals surface area contributed by atoms with Crippen LogP contribution in [-0.2, 0) is 10.0 Å². The topological polar surface area (TPSA) is 82.9 Å². The molecule has 0 spiro atoms. The van der Waals surface area contributed by atoms with Crippen molar-refractivity contribution in [2.45, 2.75) is 4.90 Å². The Morgan fingerprint density at radius 1 is 1.14 bits per heavy atom. The summed E-state index contributed by atoms with van der Waals surface area (Å²) in [5.41, 5.74) is 0.353. The van der Waals surface area contributed by atoms with Crippen molar-refractivity contribution in [2.75, 3.05) is 4.72 Å². The molecule has 0 aliphatic heterocycles. The molecule has 1 N–H and O–H groups in total. The van der Waals surface area contributed by atoms with Crippen molar-refractivity contribution >= 4 is 50.5 Å². The van der Waals surface area contributed by atoms with Gasteiger partial charge in [0.15, 0.2) is 0 Å². The van der Waals surface area contributed by atoms with E-state index in [0.29, 0.717) is 0 Å². The Morgan fingerprint density at radius 3 is 2.48 bits per heavy atom. The maximum absolute atomic E-state index is 12.2. The molecule has 2 aromatic rings. The van der Waals surface area contributed by atoms with E-state index < -0.39 is 10.0 Å². The third-order valence-electron chi connectivity index (χ3n) is 2.42. The van der Waals surface area contributed by atoms with Gasteiger partial charge in [-0.1, -0.05) is 34.8 Å². The molecule has 5 nitrogen and oxygen atoms in total. The number of nitrogens with one attached hydrogen (secondary N) is 1. The zero-order valence-corrected chi connectivity index (χ0v) is 13.2. The van der Waals surface area contributed by atoms with E-state index in [9.17, 15) is 8.42 Å². The van der Waals surface area contributed by atoms with Crippen LogP contribution in [0.15, 0.2) is 35.4 Å². The number of nitriles is 1. The van der Waals surface area contributed by atoms with Crippen LogP contribution in [0, 0.1) is 11.3 Å². The molecule has 0 amide bonds. The third kappa shape index (κ3) is 3.57. The van der Waals surface area contributed by atoms with Crippen LogP contribution in [0.2, 0.25) is 15.2 Å². The van der Waals surface area contributed by atoms with Crippen molar-refractivity contribution in [3.8, 4) is 6.07 Å². The summed E-state index contributed by atoms with van der Waals surface area (Å²) in [6.07, 6.45) is 1.07. The summed E-state index contributed by atoms with van der Waals surface area (Å²) in [6.45, 7) is 0. The van der Waals surface area contributed by atoms with Gasteiger partial charge in [-0.3, -0.25) is 4.72 Å². The maximum Gasteiger partial charge on any atom is 0.263 e. The summed E-state index contributed by atoms with van der Waals surface area (Å²) in [5.74, 6) is 0. The van der Waals surface area contributed by atoms with E-state index in [0.717, 1.165) is 6.20 Å². The smallest absolute Gasteiger partial charge is 0.263 e. The van der Waals surface area contributed by atoms with Crippen molar-refractivity contribution in [3.63, 3.8) is 0 Å². The van der Waals surface area contributed by atoms with Gasteiger partial charge in [0.25, 0.3) is 10.0 Å². The maximum atomic E-state index is 12.2. The van der Waals surface area contributed by atoms with E-state index >= 15 is 0 Å². The van der Waals surface area contributed by atoms with E-state index in [2.05, 4.69) is 9.71 Å². The quantitative estimate of drug-likeness (QED) is 0.844. The minimum Gasteiger partial charge on any atom is -0.278 e. The number of sulfonamides is 1. The molecule has 9 heteroatoms. The van der Waals surface area contributed by atoms with Crippen molar-refractivity contribution in [3.05, 3.63) is 51.2 Å². The lowest BCUT2D eigenvalue weighted by Crippen LogP contribution is -2.13. The summed E-state index contributed by atoms with van der Waals surface area (Å²) in [7, 11) is -3.95. The van der Waals surface area contributed by atoms with E-state index in [4.69, 9.17) is 40.1 Å². The second-order valence-corrected chi connectivity index (χ2v) is 6.71. The van der Waals surface area contributed by atoms with Gasteiger partial charge >= 0.3 is 0 Å². The van der Waals surface area contributed by atoms with Gasteiger partial charge in [-0.25, -0.2) is 13.4 Å². The first-order valence-corrected chi connectivity index (χ1v) is 7.99.